The highest BCUT2D eigenvalue weighted by Crippen LogP contribution is 2.22. The number of morpholine rings is 1. The second kappa shape index (κ2) is 8.62. The quantitative estimate of drug-likeness (QED) is 0.800. The van der Waals surface area contributed by atoms with Gasteiger partial charge in [0, 0.05) is 13.1 Å². The molecule has 0 aromatic carbocycles. The van der Waals surface area contributed by atoms with Crippen molar-refractivity contribution in [2.45, 2.75) is 39.0 Å². The van der Waals surface area contributed by atoms with Crippen LogP contribution in [0.5, 0.6) is 0 Å². The van der Waals surface area contributed by atoms with Crippen LogP contribution in [-0.2, 0) is 9.53 Å². The van der Waals surface area contributed by atoms with E-state index < -0.39 is 0 Å². The Morgan fingerprint density at radius 2 is 2.32 bits per heavy atom. The fourth-order valence-corrected chi connectivity index (χ4v) is 3.63. The molecule has 0 saturated carbocycles. The summed E-state index contributed by atoms with van der Waals surface area (Å²) in [6, 6.07) is 2.11. The van der Waals surface area contributed by atoms with Crippen LogP contribution in [-0.4, -0.2) is 55.7 Å². The van der Waals surface area contributed by atoms with E-state index in [1.165, 1.54) is 5.56 Å². The molecule has 1 fully saturated rings. The molecule has 22 heavy (non-hydrogen) atoms. The molecular weight excluding hydrogens is 298 g/mol. The molecule has 1 aromatic heterocycles. The summed E-state index contributed by atoms with van der Waals surface area (Å²) in [5.74, 6) is 0.0274. The van der Waals surface area contributed by atoms with Gasteiger partial charge in [-0.15, -0.1) is 0 Å². The highest BCUT2D eigenvalue weighted by atomic mass is 32.1. The van der Waals surface area contributed by atoms with E-state index in [0.717, 1.165) is 19.6 Å². The molecule has 2 N–H and O–H groups in total. The van der Waals surface area contributed by atoms with E-state index in [-0.39, 0.29) is 24.1 Å². The molecule has 1 saturated heterocycles. The molecule has 1 amide bonds. The van der Waals surface area contributed by atoms with E-state index in [9.17, 15) is 4.79 Å². The van der Waals surface area contributed by atoms with Gasteiger partial charge in [0.15, 0.2) is 0 Å². The Kier molecular flexibility index (Phi) is 6.82. The molecule has 0 aliphatic carbocycles. The largest absolute Gasteiger partial charge is 0.375 e. The maximum atomic E-state index is 12.4. The second-order valence-electron chi connectivity index (χ2n) is 5.55. The maximum absolute atomic E-state index is 12.4. The van der Waals surface area contributed by atoms with Crippen molar-refractivity contribution < 1.29 is 9.53 Å². The number of thiophene rings is 1. The van der Waals surface area contributed by atoms with E-state index in [1.807, 2.05) is 6.92 Å². The number of hydrogen-bond acceptors (Lipinski definition) is 5. The normalized spacial score (nSPS) is 23.5. The summed E-state index contributed by atoms with van der Waals surface area (Å²) in [5, 5.41) is 10.6. The van der Waals surface area contributed by atoms with Crippen LogP contribution in [0.2, 0.25) is 0 Å². The molecule has 6 heteroatoms. The fraction of sp³-hybridized carbons (Fsp3) is 0.688. The molecule has 2 rings (SSSR count). The van der Waals surface area contributed by atoms with Crippen molar-refractivity contribution in [2.75, 3.05) is 32.8 Å². The van der Waals surface area contributed by atoms with Crippen molar-refractivity contribution in [1.82, 2.24) is 15.5 Å². The van der Waals surface area contributed by atoms with Crippen molar-refractivity contribution >= 4 is 17.2 Å². The zero-order valence-electron chi connectivity index (χ0n) is 13.7. The van der Waals surface area contributed by atoms with Crippen LogP contribution in [0.4, 0.5) is 0 Å². The second-order valence-corrected chi connectivity index (χ2v) is 6.33. The SMILES string of the molecule is CCN(CC)C(CNC(=O)[C@H]1NCCO[C@@H]1C)c1ccsc1. The maximum Gasteiger partial charge on any atom is 0.239 e. The lowest BCUT2D eigenvalue weighted by Crippen LogP contribution is -2.56. The Morgan fingerprint density at radius 3 is 2.91 bits per heavy atom. The summed E-state index contributed by atoms with van der Waals surface area (Å²) in [7, 11) is 0. The smallest absolute Gasteiger partial charge is 0.239 e. The number of rotatable bonds is 7. The van der Waals surface area contributed by atoms with Gasteiger partial charge in [-0.1, -0.05) is 13.8 Å². The molecule has 1 aliphatic heterocycles. The van der Waals surface area contributed by atoms with Gasteiger partial charge in [0.2, 0.25) is 5.91 Å². The number of carbonyl (C=O) groups excluding carboxylic acids is 1. The van der Waals surface area contributed by atoms with Gasteiger partial charge in [0.25, 0.3) is 0 Å². The van der Waals surface area contributed by atoms with Crippen molar-refractivity contribution in [2.24, 2.45) is 0 Å². The average Bonchev–Trinajstić information content (AvgIpc) is 3.05. The summed E-state index contributed by atoms with van der Waals surface area (Å²) in [6.45, 7) is 10.2. The van der Waals surface area contributed by atoms with Crippen LogP contribution in [0, 0.1) is 0 Å². The Balaban J connectivity index is 1.97. The van der Waals surface area contributed by atoms with Crippen molar-refractivity contribution in [1.29, 1.82) is 0 Å². The molecule has 0 radical (unpaired) electrons. The number of nitrogens with one attached hydrogen (secondary N) is 2. The lowest BCUT2D eigenvalue weighted by atomic mass is 10.1. The highest BCUT2D eigenvalue weighted by molar-refractivity contribution is 7.07. The summed E-state index contributed by atoms with van der Waals surface area (Å²) in [6.07, 6.45) is -0.0817. The Labute approximate surface area is 137 Å². The predicted molar refractivity (Wildman–Crippen MR) is 90.2 cm³/mol. The van der Waals surface area contributed by atoms with Crippen LogP contribution in [0.1, 0.15) is 32.4 Å². The standard InChI is InChI=1S/C16H27N3O2S/c1-4-19(5-2)14(13-6-9-22-11-13)10-18-16(20)15-12(3)21-8-7-17-15/h6,9,11-12,14-15,17H,4-5,7-8,10H2,1-3H3,(H,18,20)/t12-,14?,15+/m1/s1. The minimum Gasteiger partial charge on any atom is -0.375 e. The molecule has 1 aliphatic rings. The van der Waals surface area contributed by atoms with Gasteiger partial charge in [0.1, 0.15) is 6.04 Å². The Morgan fingerprint density at radius 1 is 1.55 bits per heavy atom. The molecule has 1 unspecified atom stereocenters. The molecular formula is C16H27N3O2S. The van der Waals surface area contributed by atoms with E-state index in [1.54, 1.807) is 11.3 Å². The molecule has 3 atom stereocenters. The van der Waals surface area contributed by atoms with E-state index in [4.69, 9.17) is 4.74 Å². The van der Waals surface area contributed by atoms with Crippen molar-refractivity contribution in [3.8, 4) is 0 Å². The van der Waals surface area contributed by atoms with Gasteiger partial charge in [-0.05, 0) is 42.4 Å². The third-order valence-electron chi connectivity index (χ3n) is 4.25. The first kappa shape index (κ1) is 17.4. The number of nitrogens with zero attached hydrogens (tertiary/aromatic N) is 1. The lowest BCUT2D eigenvalue weighted by Gasteiger charge is -2.32. The first-order chi connectivity index (χ1) is 10.7. The van der Waals surface area contributed by atoms with Crippen LogP contribution < -0.4 is 10.6 Å². The fourth-order valence-electron chi connectivity index (χ4n) is 2.92. The number of amides is 1. The molecule has 5 nitrogen and oxygen atoms in total. The van der Waals surface area contributed by atoms with Gasteiger partial charge < -0.3 is 15.4 Å². The first-order valence-electron chi connectivity index (χ1n) is 8.06. The third-order valence-corrected chi connectivity index (χ3v) is 4.95. The van der Waals surface area contributed by atoms with E-state index in [2.05, 4.69) is 46.2 Å². The summed E-state index contributed by atoms with van der Waals surface area (Å²) < 4.78 is 5.55. The van der Waals surface area contributed by atoms with Crippen LogP contribution in [0.3, 0.4) is 0 Å². The number of carbonyl (C=O) groups is 1. The minimum atomic E-state index is -0.256. The molecule has 124 valence electrons. The van der Waals surface area contributed by atoms with Crippen molar-refractivity contribution in [3.63, 3.8) is 0 Å². The van der Waals surface area contributed by atoms with Crippen molar-refractivity contribution in [3.05, 3.63) is 22.4 Å². The van der Waals surface area contributed by atoms with E-state index >= 15 is 0 Å². The van der Waals surface area contributed by atoms with Gasteiger partial charge in [0.05, 0.1) is 18.8 Å². The average molecular weight is 325 g/mol. The minimum absolute atomic E-state index is 0.0274. The van der Waals surface area contributed by atoms with Crippen LogP contribution in [0.15, 0.2) is 16.8 Å². The number of hydrogen-bond donors (Lipinski definition) is 2. The first-order valence-corrected chi connectivity index (χ1v) is 9.00. The topological polar surface area (TPSA) is 53.6 Å². The molecule has 1 aromatic rings. The molecule has 0 bridgehead atoms. The van der Waals surface area contributed by atoms with Crippen LogP contribution >= 0.6 is 11.3 Å². The molecule has 0 spiro atoms. The highest BCUT2D eigenvalue weighted by Gasteiger charge is 2.29. The zero-order chi connectivity index (χ0) is 15.9. The summed E-state index contributed by atoms with van der Waals surface area (Å²) in [5.41, 5.74) is 1.27. The van der Waals surface area contributed by atoms with Gasteiger partial charge in [-0.2, -0.15) is 11.3 Å². The number of ether oxygens (including phenoxy) is 1. The van der Waals surface area contributed by atoms with Crippen LogP contribution in [0.25, 0.3) is 0 Å². The number of likely N-dealkylation sites (N-methyl/N-ethyl adjacent to an activating group) is 1. The van der Waals surface area contributed by atoms with E-state index in [0.29, 0.717) is 13.2 Å². The Bertz CT molecular complexity index is 448. The lowest BCUT2D eigenvalue weighted by molar-refractivity contribution is -0.129. The molecule has 2 heterocycles. The zero-order valence-corrected chi connectivity index (χ0v) is 14.5. The summed E-state index contributed by atoms with van der Waals surface area (Å²) >= 11 is 1.70. The predicted octanol–water partition coefficient (Wildman–Crippen LogP) is 1.62. The summed E-state index contributed by atoms with van der Waals surface area (Å²) in [4.78, 5) is 14.8. The van der Waals surface area contributed by atoms with Gasteiger partial charge in [-0.25, -0.2) is 0 Å². The van der Waals surface area contributed by atoms with Gasteiger partial charge >= 0.3 is 0 Å². The Hall–Kier alpha value is -0.950. The third kappa shape index (κ3) is 4.29. The van der Waals surface area contributed by atoms with Gasteiger partial charge in [-0.3, -0.25) is 9.69 Å². The monoisotopic (exact) mass is 325 g/mol.